The molecule has 0 amide bonds. The highest BCUT2D eigenvalue weighted by molar-refractivity contribution is 7.91. The number of aliphatic hydroxyl groups is 1. The molecule has 0 saturated carbocycles. The zero-order chi connectivity index (χ0) is 25.2. The van der Waals surface area contributed by atoms with Crippen LogP contribution in [-0.2, 0) is 9.84 Å². The van der Waals surface area contributed by atoms with Gasteiger partial charge in [-0.3, -0.25) is 9.36 Å². The Morgan fingerprint density at radius 2 is 1.89 bits per heavy atom. The molecule has 2 heterocycles. The Morgan fingerprint density at radius 1 is 1.14 bits per heavy atom. The van der Waals surface area contributed by atoms with E-state index in [1.165, 1.54) is 36.3 Å². The molecule has 184 valence electrons. The van der Waals surface area contributed by atoms with Gasteiger partial charge in [0.2, 0.25) is 0 Å². The second kappa shape index (κ2) is 10.4. The average Bonchev–Trinajstić information content (AvgIpc) is 3.28. The monoisotopic (exact) mass is 534 g/mol. The Bertz CT molecular complexity index is 1510. The number of fused-ring (bicyclic) bond motifs is 1. The van der Waals surface area contributed by atoms with Gasteiger partial charge >= 0.3 is 0 Å². The van der Waals surface area contributed by atoms with E-state index in [-0.39, 0.29) is 23.7 Å². The summed E-state index contributed by atoms with van der Waals surface area (Å²) in [5.41, 5.74) is 1.84. The Morgan fingerprint density at radius 3 is 2.57 bits per heavy atom. The summed E-state index contributed by atoms with van der Waals surface area (Å²) >= 11 is 7.33. The highest BCUT2D eigenvalue weighted by atomic mass is 35.5. The Labute approximate surface area is 211 Å². The maximum atomic E-state index is 13.2. The molecule has 0 aliphatic rings. The molecule has 0 fully saturated rings. The van der Waals surface area contributed by atoms with Crippen LogP contribution in [0.5, 0.6) is 11.5 Å². The first kappa shape index (κ1) is 25.2. The predicted molar refractivity (Wildman–Crippen MR) is 138 cm³/mol. The van der Waals surface area contributed by atoms with E-state index in [1.807, 2.05) is 18.2 Å². The molecule has 0 saturated heterocycles. The molecule has 0 bridgehead atoms. The zero-order valence-corrected chi connectivity index (χ0v) is 21.4. The molecule has 1 N–H and O–H groups in total. The lowest BCUT2D eigenvalue weighted by molar-refractivity contribution is 0.123. The number of thiophene rings is 1. The van der Waals surface area contributed by atoms with Crippen molar-refractivity contribution in [3.63, 3.8) is 0 Å². The van der Waals surface area contributed by atoms with Gasteiger partial charge in [-0.15, -0.1) is 11.3 Å². The van der Waals surface area contributed by atoms with Gasteiger partial charge in [-0.1, -0.05) is 30.7 Å². The first-order valence-electron chi connectivity index (χ1n) is 10.7. The van der Waals surface area contributed by atoms with Gasteiger partial charge in [0.05, 0.1) is 24.1 Å². The second-order valence-corrected chi connectivity index (χ2v) is 11.6. The molecule has 1 atom stereocenters. The first-order chi connectivity index (χ1) is 16.7. The number of benzene rings is 2. The molecule has 35 heavy (non-hydrogen) atoms. The summed E-state index contributed by atoms with van der Waals surface area (Å²) in [6.07, 6.45) is 0.282. The number of methoxy groups -OCH3 is 1. The maximum absolute atomic E-state index is 13.2. The minimum absolute atomic E-state index is 0.0549. The highest BCUT2D eigenvalue weighted by Crippen LogP contribution is 2.33. The van der Waals surface area contributed by atoms with Crippen molar-refractivity contribution in [2.45, 2.75) is 13.0 Å². The summed E-state index contributed by atoms with van der Waals surface area (Å²) in [4.78, 5) is 18.6. The summed E-state index contributed by atoms with van der Waals surface area (Å²) < 4.78 is 36.3. The molecule has 2 aromatic carbocycles. The first-order valence-corrected chi connectivity index (χ1v) is 13.7. The van der Waals surface area contributed by atoms with Crippen LogP contribution in [0.1, 0.15) is 6.92 Å². The summed E-state index contributed by atoms with van der Waals surface area (Å²) in [6, 6.07) is 14.1. The number of aliphatic hydroxyl groups excluding tert-OH is 1. The van der Waals surface area contributed by atoms with E-state index in [4.69, 9.17) is 21.1 Å². The van der Waals surface area contributed by atoms with Crippen LogP contribution in [-0.4, -0.2) is 54.4 Å². The highest BCUT2D eigenvalue weighted by Gasteiger charge is 2.18. The molecule has 4 rings (SSSR count). The van der Waals surface area contributed by atoms with Gasteiger partial charge in [-0.25, -0.2) is 13.4 Å². The molecular formula is C24H23ClN2O6S2. The summed E-state index contributed by atoms with van der Waals surface area (Å²) in [5.74, 6) is 0.199. The molecule has 8 nitrogen and oxygen atoms in total. The van der Waals surface area contributed by atoms with Crippen molar-refractivity contribution in [3.05, 3.63) is 70.2 Å². The smallest absolute Gasteiger partial charge is 0.275 e. The van der Waals surface area contributed by atoms with Crippen molar-refractivity contribution in [2.75, 3.05) is 25.2 Å². The normalized spacial score (nSPS) is 12.6. The molecule has 0 spiro atoms. The molecular weight excluding hydrogens is 512 g/mol. The molecule has 0 aliphatic heterocycles. The number of halogens is 1. The van der Waals surface area contributed by atoms with E-state index in [2.05, 4.69) is 4.98 Å². The Balaban J connectivity index is 1.60. The van der Waals surface area contributed by atoms with Gasteiger partial charge in [0.25, 0.3) is 5.56 Å². The minimum atomic E-state index is -3.33. The molecule has 2 aromatic heterocycles. The van der Waals surface area contributed by atoms with Crippen LogP contribution in [0, 0.1) is 0 Å². The molecule has 4 aromatic rings. The Hall–Kier alpha value is -2.92. The van der Waals surface area contributed by atoms with Crippen molar-refractivity contribution in [1.29, 1.82) is 0 Å². The SMILES string of the molecule is CCS(=O)(=O)CC(O)COc1ccc(-n2cnc3cc(-c4ccc(Cl)cc4)sc3c2=O)cc1OC. The molecule has 1 unspecified atom stereocenters. The van der Waals surface area contributed by atoms with Gasteiger partial charge in [0.1, 0.15) is 23.7 Å². The average molecular weight is 535 g/mol. The molecule has 0 radical (unpaired) electrons. The third-order valence-electron chi connectivity index (χ3n) is 5.31. The standard InChI is InChI=1S/C24H23ClN2O6S2/c1-3-35(30,31)13-18(28)12-33-20-9-8-17(10-21(20)32-2)27-14-26-19-11-22(34-23(19)24(27)29)15-4-6-16(25)7-5-15/h4-11,14,18,28H,3,12-13H2,1-2H3. The largest absolute Gasteiger partial charge is 0.493 e. The summed E-state index contributed by atoms with van der Waals surface area (Å²) in [6.45, 7) is 1.30. The lowest BCUT2D eigenvalue weighted by Crippen LogP contribution is -2.28. The van der Waals surface area contributed by atoms with Crippen molar-refractivity contribution >= 4 is 43.0 Å². The maximum Gasteiger partial charge on any atom is 0.275 e. The van der Waals surface area contributed by atoms with Crippen LogP contribution >= 0.6 is 22.9 Å². The van der Waals surface area contributed by atoms with Crippen LogP contribution < -0.4 is 15.0 Å². The topological polar surface area (TPSA) is 108 Å². The van der Waals surface area contributed by atoms with Gasteiger partial charge in [-0.05, 0) is 35.9 Å². The van der Waals surface area contributed by atoms with Crippen LogP contribution in [0.3, 0.4) is 0 Å². The number of hydrogen-bond acceptors (Lipinski definition) is 8. The van der Waals surface area contributed by atoms with Gasteiger partial charge in [0, 0.05) is 21.7 Å². The van der Waals surface area contributed by atoms with E-state index >= 15 is 0 Å². The van der Waals surface area contributed by atoms with E-state index in [0.717, 1.165) is 10.4 Å². The van der Waals surface area contributed by atoms with Crippen molar-refractivity contribution in [1.82, 2.24) is 9.55 Å². The summed E-state index contributed by atoms with van der Waals surface area (Å²) in [7, 11) is -1.88. The summed E-state index contributed by atoms with van der Waals surface area (Å²) in [5, 5.41) is 10.6. The van der Waals surface area contributed by atoms with Crippen LogP contribution in [0.4, 0.5) is 0 Å². The van der Waals surface area contributed by atoms with Crippen molar-refractivity contribution < 1.29 is 23.0 Å². The van der Waals surface area contributed by atoms with Gasteiger partial charge in [0.15, 0.2) is 21.3 Å². The van der Waals surface area contributed by atoms with E-state index in [9.17, 15) is 18.3 Å². The van der Waals surface area contributed by atoms with E-state index in [1.54, 1.807) is 30.3 Å². The Kier molecular flexibility index (Phi) is 7.46. The fourth-order valence-electron chi connectivity index (χ4n) is 3.42. The third kappa shape index (κ3) is 5.67. The van der Waals surface area contributed by atoms with Crippen LogP contribution in [0.2, 0.25) is 5.02 Å². The fraction of sp³-hybridized carbons (Fsp3) is 0.250. The number of ether oxygens (including phenoxy) is 2. The predicted octanol–water partition coefficient (Wildman–Crippen LogP) is 3.95. The number of aromatic nitrogens is 2. The van der Waals surface area contributed by atoms with E-state index < -0.39 is 15.9 Å². The second-order valence-electron chi connectivity index (χ2n) is 7.75. The number of sulfone groups is 1. The van der Waals surface area contributed by atoms with Crippen LogP contribution in [0.15, 0.2) is 59.7 Å². The number of hydrogen-bond donors (Lipinski definition) is 1. The number of rotatable bonds is 9. The lowest BCUT2D eigenvalue weighted by atomic mass is 10.2. The molecule has 11 heteroatoms. The lowest BCUT2D eigenvalue weighted by Gasteiger charge is -2.15. The third-order valence-corrected chi connectivity index (χ3v) is 8.49. The van der Waals surface area contributed by atoms with Crippen LogP contribution in [0.25, 0.3) is 26.3 Å². The van der Waals surface area contributed by atoms with E-state index in [0.29, 0.717) is 32.4 Å². The quantitative estimate of drug-likeness (QED) is 0.346. The van der Waals surface area contributed by atoms with Crippen molar-refractivity contribution in [2.24, 2.45) is 0 Å². The minimum Gasteiger partial charge on any atom is -0.493 e. The fourth-order valence-corrected chi connectivity index (χ4v) is 5.51. The molecule has 0 aliphatic carbocycles. The van der Waals surface area contributed by atoms with Gasteiger partial charge in [-0.2, -0.15) is 0 Å². The zero-order valence-electron chi connectivity index (χ0n) is 19.0. The van der Waals surface area contributed by atoms with Crippen molar-refractivity contribution in [3.8, 4) is 27.6 Å². The van der Waals surface area contributed by atoms with Gasteiger partial charge < -0.3 is 14.6 Å². The number of nitrogens with zero attached hydrogens (tertiary/aromatic N) is 2.